The third-order valence-corrected chi connectivity index (χ3v) is 6.98. The summed E-state index contributed by atoms with van der Waals surface area (Å²) >= 11 is 0. The molecule has 35 heavy (non-hydrogen) atoms. The Morgan fingerprint density at radius 3 is 2.49 bits per heavy atom. The highest BCUT2D eigenvalue weighted by atomic mass is 16.7. The fourth-order valence-corrected chi connectivity index (χ4v) is 5.12. The molecule has 0 atom stereocenters. The zero-order valence-corrected chi connectivity index (χ0v) is 20.1. The van der Waals surface area contributed by atoms with Crippen molar-refractivity contribution in [1.29, 1.82) is 0 Å². The number of nitrogens with zero attached hydrogens (tertiary/aromatic N) is 4. The number of fused-ring (bicyclic) bond motifs is 2. The fraction of sp³-hybridized carbons (Fsp3) is 0.500. The lowest BCUT2D eigenvalue weighted by Crippen LogP contribution is -2.41. The Hall–Kier alpha value is -3.17. The van der Waals surface area contributed by atoms with Gasteiger partial charge in [0.25, 0.3) is 5.91 Å². The molecule has 0 spiro atoms. The molecule has 3 aromatic rings. The summed E-state index contributed by atoms with van der Waals surface area (Å²) in [6.45, 7) is 7.83. The van der Waals surface area contributed by atoms with Crippen molar-refractivity contribution in [3.05, 3.63) is 36.0 Å². The van der Waals surface area contributed by atoms with E-state index in [1.165, 1.54) is 0 Å². The lowest BCUT2D eigenvalue weighted by atomic mass is 9.95. The first kappa shape index (κ1) is 22.3. The Morgan fingerprint density at radius 2 is 1.74 bits per heavy atom. The number of benzene rings is 1. The smallest absolute Gasteiger partial charge is 0.254 e. The molecular weight excluding hydrogens is 448 g/mol. The molecular formula is C26H30N4O5. The van der Waals surface area contributed by atoms with Gasteiger partial charge >= 0.3 is 0 Å². The summed E-state index contributed by atoms with van der Waals surface area (Å²) in [6, 6.07) is 7.78. The average Bonchev–Trinajstić information content (AvgIpc) is 3.58. The van der Waals surface area contributed by atoms with Crippen LogP contribution in [-0.2, 0) is 9.47 Å². The van der Waals surface area contributed by atoms with Gasteiger partial charge in [-0.1, -0.05) is 0 Å². The zero-order chi connectivity index (χ0) is 23.9. The number of amides is 1. The highest BCUT2D eigenvalue weighted by molar-refractivity contribution is 6.06. The van der Waals surface area contributed by atoms with Crippen LogP contribution in [0.5, 0.6) is 11.5 Å². The predicted molar refractivity (Wildman–Crippen MR) is 129 cm³/mol. The molecule has 9 heteroatoms. The van der Waals surface area contributed by atoms with Gasteiger partial charge in [-0.3, -0.25) is 4.79 Å². The summed E-state index contributed by atoms with van der Waals surface area (Å²) in [6.07, 6.45) is 3.36. The van der Waals surface area contributed by atoms with Crippen LogP contribution in [0, 0.1) is 5.92 Å². The van der Waals surface area contributed by atoms with E-state index < -0.39 is 0 Å². The molecule has 0 bridgehead atoms. The molecule has 9 nitrogen and oxygen atoms in total. The molecule has 2 fully saturated rings. The number of aromatic nitrogens is 3. The first-order valence-electron chi connectivity index (χ1n) is 12.4. The topological polar surface area (TPSA) is 87.9 Å². The van der Waals surface area contributed by atoms with E-state index in [2.05, 4.69) is 18.9 Å². The van der Waals surface area contributed by atoms with Crippen LogP contribution in [-0.4, -0.2) is 71.4 Å². The lowest BCUT2D eigenvalue weighted by molar-refractivity contribution is -0.0956. The van der Waals surface area contributed by atoms with Gasteiger partial charge in [0.05, 0.1) is 36.1 Å². The number of rotatable bonds is 4. The third kappa shape index (κ3) is 4.12. The van der Waals surface area contributed by atoms with Gasteiger partial charge in [-0.2, -0.15) is 5.10 Å². The predicted octanol–water partition coefficient (Wildman–Crippen LogP) is 3.68. The average molecular weight is 479 g/mol. The van der Waals surface area contributed by atoms with Gasteiger partial charge < -0.3 is 23.8 Å². The maximum Gasteiger partial charge on any atom is 0.254 e. The van der Waals surface area contributed by atoms with E-state index in [-0.39, 0.29) is 18.2 Å². The van der Waals surface area contributed by atoms with E-state index in [4.69, 9.17) is 23.9 Å². The number of hydrogen-bond acceptors (Lipinski definition) is 7. The van der Waals surface area contributed by atoms with Gasteiger partial charge in [-0.25, -0.2) is 9.67 Å². The molecule has 3 aliphatic heterocycles. The Bertz CT molecular complexity index is 1240. The molecule has 2 aromatic heterocycles. The van der Waals surface area contributed by atoms with E-state index in [1.54, 1.807) is 6.20 Å². The van der Waals surface area contributed by atoms with Crippen molar-refractivity contribution in [2.45, 2.75) is 39.0 Å². The maximum atomic E-state index is 13.8. The third-order valence-electron chi connectivity index (χ3n) is 6.98. The van der Waals surface area contributed by atoms with Gasteiger partial charge in [0, 0.05) is 30.6 Å². The van der Waals surface area contributed by atoms with E-state index in [0.717, 1.165) is 29.5 Å². The molecule has 6 rings (SSSR count). The highest BCUT2D eigenvalue weighted by Gasteiger charge is 2.33. The van der Waals surface area contributed by atoms with Crippen molar-refractivity contribution in [3.8, 4) is 22.8 Å². The molecule has 3 aliphatic rings. The second-order valence-corrected chi connectivity index (χ2v) is 9.57. The van der Waals surface area contributed by atoms with Crippen LogP contribution in [0.15, 0.2) is 30.5 Å². The minimum absolute atomic E-state index is 0.00575. The van der Waals surface area contributed by atoms with Crippen LogP contribution in [0.25, 0.3) is 22.3 Å². The highest BCUT2D eigenvalue weighted by Crippen LogP contribution is 2.36. The summed E-state index contributed by atoms with van der Waals surface area (Å²) in [7, 11) is 0. The fourth-order valence-electron chi connectivity index (χ4n) is 5.12. The van der Waals surface area contributed by atoms with Gasteiger partial charge in [0.15, 0.2) is 23.4 Å². The molecule has 0 unspecified atom stereocenters. The lowest BCUT2D eigenvalue weighted by Gasteiger charge is -2.34. The molecule has 1 aromatic carbocycles. The van der Waals surface area contributed by atoms with Crippen molar-refractivity contribution >= 4 is 16.9 Å². The second-order valence-electron chi connectivity index (χ2n) is 9.57. The van der Waals surface area contributed by atoms with E-state index >= 15 is 0 Å². The molecule has 2 saturated heterocycles. The van der Waals surface area contributed by atoms with Crippen LogP contribution in [0.4, 0.5) is 0 Å². The van der Waals surface area contributed by atoms with Gasteiger partial charge in [0.1, 0.15) is 13.2 Å². The number of piperidine rings is 1. The van der Waals surface area contributed by atoms with Crippen LogP contribution in [0.2, 0.25) is 0 Å². The minimum atomic E-state index is -0.133. The Kier molecular flexibility index (Phi) is 5.82. The maximum absolute atomic E-state index is 13.8. The molecule has 184 valence electrons. The van der Waals surface area contributed by atoms with Crippen LogP contribution in [0.3, 0.4) is 0 Å². The first-order chi connectivity index (χ1) is 17.1. The minimum Gasteiger partial charge on any atom is -0.486 e. The number of hydrogen-bond donors (Lipinski definition) is 0. The van der Waals surface area contributed by atoms with Crippen molar-refractivity contribution in [2.24, 2.45) is 5.92 Å². The molecule has 5 heterocycles. The first-order valence-corrected chi connectivity index (χ1v) is 12.4. The normalized spacial score (nSPS) is 19.1. The van der Waals surface area contributed by atoms with Gasteiger partial charge in [0.2, 0.25) is 0 Å². The van der Waals surface area contributed by atoms with Crippen LogP contribution < -0.4 is 9.47 Å². The SMILES string of the molecule is CC(C)n1ncc2c(C(=O)N3CCC(C4OCCO4)CC3)cc(-c3ccc4c(c3)OCCO4)nc21. The van der Waals surface area contributed by atoms with Gasteiger partial charge in [-0.15, -0.1) is 0 Å². The van der Waals surface area contributed by atoms with E-state index in [9.17, 15) is 4.79 Å². The van der Waals surface area contributed by atoms with Crippen LogP contribution >= 0.6 is 0 Å². The summed E-state index contributed by atoms with van der Waals surface area (Å²) in [5.74, 6) is 1.75. The van der Waals surface area contributed by atoms with Crippen molar-refractivity contribution in [2.75, 3.05) is 39.5 Å². The number of likely N-dealkylation sites (tertiary alicyclic amines) is 1. The summed E-state index contributed by atoms with van der Waals surface area (Å²) in [5, 5.41) is 5.33. The van der Waals surface area contributed by atoms with E-state index in [0.29, 0.717) is 68.1 Å². The van der Waals surface area contributed by atoms with Crippen molar-refractivity contribution < 1.29 is 23.7 Å². The largest absolute Gasteiger partial charge is 0.486 e. The quantitative estimate of drug-likeness (QED) is 0.565. The Morgan fingerprint density at radius 1 is 1.00 bits per heavy atom. The molecule has 0 saturated carbocycles. The molecule has 0 aliphatic carbocycles. The van der Waals surface area contributed by atoms with E-state index in [1.807, 2.05) is 33.8 Å². The van der Waals surface area contributed by atoms with Crippen molar-refractivity contribution in [1.82, 2.24) is 19.7 Å². The van der Waals surface area contributed by atoms with Gasteiger partial charge in [-0.05, 0) is 51.0 Å². The second kappa shape index (κ2) is 9.13. The number of ether oxygens (including phenoxy) is 4. The standard InChI is InChI=1S/C26H30N4O5/c1-16(2)30-24-20(15-27-30)19(25(31)29-7-5-17(6-8-29)26-34-11-12-35-26)14-21(28-24)18-3-4-22-23(13-18)33-10-9-32-22/h3-4,13-17,26H,5-12H2,1-2H3. The Balaban J connectivity index is 1.35. The monoisotopic (exact) mass is 478 g/mol. The summed E-state index contributed by atoms with van der Waals surface area (Å²) < 4.78 is 24.7. The molecule has 1 amide bonds. The van der Waals surface area contributed by atoms with Crippen LogP contribution in [0.1, 0.15) is 43.1 Å². The van der Waals surface area contributed by atoms with Crippen molar-refractivity contribution in [3.63, 3.8) is 0 Å². The number of carbonyl (C=O) groups excluding carboxylic acids is 1. The number of pyridine rings is 1. The summed E-state index contributed by atoms with van der Waals surface area (Å²) in [4.78, 5) is 20.7. The molecule has 0 N–H and O–H groups in total. The summed E-state index contributed by atoms with van der Waals surface area (Å²) in [5.41, 5.74) is 2.91. The molecule has 0 radical (unpaired) electrons. The Labute approximate surface area is 203 Å². The zero-order valence-electron chi connectivity index (χ0n) is 20.1. The number of carbonyl (C=O) groups is 1.